The smallest absolute Gasteiger partial charge is 0.306 e. The summed E-state index contributed by atoms with van der Waals surface area (Å²) in [6.07, 6.45) is 0.354. The molecule has 20 heavy (non-hydrogen) atoms. The van der Waals surface area contributed by atoms with Gasteiger partial charge in [-0.3, -0.25) is 4.79 Å². The van der Waals surface area contributed by atoms with Crippen molar-refractivity contribution in [1.82, 2.24) is 0 Å². The van der Waals surface area contributed by atoms with E-state index >= 15 is 0 Å². The van der Waals surface area contributed by atoms with E-state index in [1.165, 1.54) is 7.11 Å². The maximum atomic E-state index is 11.3. The second-order valence-electron chi connectivity index (χ2n) is 4.71. The first-order valence-electron chi connectivity index (χ1n) is 6.75. The topological polar surface area (TPSA) is 70.0 Å². The van der Waals surface area contributed by atoms with Crippen LogP contribution in [0.1, 0.15) is 24.8 Å². The average molecular weight is 281 g/mol. The number of nitrogens with zero attached hydrogens (tertiary/aromatic N) is 1. The van der Waals surface area contributed by atoms with Gasteiger partial charge in [0.2, 0.25) is 0 Å². The fourth-order valence-electron chi connectivity index (χ4n) is 2.08. The van der Waals surface area contributed by atoms with Gasteiger partial charge in [0.25, 0.3) is 0 Å². The highest BCUT2D eigenvalue weighted by Gasteiger charge is 2.12. The van der Waals surface area contributed by atoms with Crippen LogP contribution in [0.4, 0.5) is 5.69 Å². The maximum Gasteiger partial charge on any atom is 0.306 e. The summed E-state index contributed by atoms with van der Waals surface area (Å²) in [5, 5.41) is 18.0. The SMILES string of the molecule is COC(=O)CC(C)c1ccc(N(CCO)CCO)cc1. The molecule has 0 spiro atoms. The lowest BCUT2D eigenvalue weighted by molar-refractivity contribution is -0.140. The van der Waals surface area contributed by atoms with Crippen molar-refractivity contribution in [2.75, 3.05) is 38.3 Å². The van der Waals surface area contributed by atoms with Gasteiger partial charge in [0.1, 0.15) is 0 Å². The number of benzene rings is 1. The number of anilines is 1. The minimum atomic E-state index is -0.219. The number of hydrogen-bond donors (Lipinski definition) is 2. The van der Waals surface area contributed by atoms with E-state index in [-0.39, 0.29) is 25.1 Å². The van der Waals surface area contributed by atoms with Crippen molar-refractivity contribution in [2.24, 2.45) is 0 Å². The molecule has 1 atom stereocenters. The zero-order valence-electron chi connectivity index (χ0n) is 12.1. The molecule has 0 saturated carbocycles. The molecule has 0 aromatic heterocycles. The van der Waals surface area contributed by atoms with E-state index in [9.17, 15) is 4.79 Å². The van der Waals surface area contributed by atoms with Gasteiger partial charge >= 0.3 is 5.97 Å². The number of carbonyl (C=O) groups excluding carboxylic acids is 1. The fraction of sp³-hybridized carbons (Fsp3) is 0.533. The van der Waals surface area contributed by atoms with Crippen LogP contribution in [0.2, 0.25) is 0 Å². The second-order valence-corrected chi connectivity index (χ2v) is 4.71. The molecule has 0 bridgehead atoms. The number of aliphatic hydroxyl groups is 2. The van der Waals surface area contributed by atoms with Crippen molar-refractivity contribution in [1.29, 1.82) is 0 Å². The molecule has 1 aromatic carbocycles. The summed E-state index contributed by atoms with van der Waals surface area (Å²) in [5.74, 6) is -0.121. The van der Waals surface area contributed by atoms with Crippen molar-refractivity contribution < 1.29 is 19.7 Å². The summed E-state index contributed by atoms with van der Waals surface area (Å²) in [6.45, 7) is 3.03. The van der Waals surface area contributed by atoms with Crippen LogP contribution in [-0.4, -0.2) is 49.6 Å². The highest BCUT2D eigenvalue weighted by Crippen LogP contribution is 2.23. The van der Waals surface area contributed by atoms with Crippen molar-refractivity contribution in [3.63, 3.8) is 0 Å². The maximum absolute atomic E-state index is 11.3. The Morgan fingerprint density at radius 3 is 2.20 bits per heavy atom. The second kappa shape index (κ2) is 8.55. The van der Waals surface area contributed by atoms with Crippen molar-refractivity contribution in [3.05, 3.63) is 29.8 Å². The van der Waals surface area contributed by atoms with Gasteiger partial charge in [-0.05, 0) is 23.6 Å². The summed E-state index contributed by atoms with van der Waals surface area (Å²) < 4.78 is 4.67. The molecule has 0 heterocycles. The van der Waals surface area contributed by atoms with Crippen LogP contribution in [0.3, 0.4) is 0 Å². The number of esters is 1. The third kappa shape index (κ3) is 4.83. The van der Waals surface area contributed by atoms with Gasteiger partial charge in [-0.2, -0.15) is 0 Å². The Hall–Kier alpha value is -1.59. The molecule has 0 aliphatic rings. The summed E-state index contributed by atoms with van der Waals surface area (Å²) in [7, 11) is 1.39. The molecule has 0 fully saturated rings. The van der Waals surface area contributed by atoms with Gasteiger partial charge in [-0.1, -0.05) is 19.1 Å². The number of rotatable bonds is 8. The molecule has 0 radical (unpaired) electrons. The van der Waals surface area contributed by atoms with Gasteiger partial charge in [-0.15, -0.1) is 0 Å². The first-order chi connectivity index (χ1) is 9.62. The van der Waals surface area contributed by atoms with Crippen LogP contribution < -0.4 is 4.90 Å². The van der Waals surface area contributed by atoms with E-state index in [1.807, 2.05) is 36.1 Å². The predicted octanol–water partition coefficient (Wildman–Crippen LogP) is 1.14. The van der Waals surface area contributed by atoms with Crippen molar-refractivity contribution in [3.8, 4) is 0 Å². The highest BCUT2D eigenvalue weighted by atomic mass is 16.5. The molecule has 112 valence electrons. The minimum absolute atomic E-state index is 0.0422. The number of methoxy groups -OCH3 is 1. The predicted molar refractivity (Wildman–Crippen MR) is 77.9 cm³/mol. The molecule has 2 N–H and O–H groups in total. The zero-order valence-corrected chi connectivity index (χ0v) is 12.1. The third-order valence-electron chi connectivity index (χ3n) is 3.27. The first kappa shape index (κ1) is 16.5. The van der Waals surface area contributed by atoms with Crippen LogP contribution in [0.25, 0.3) is 0 Å². The van der Waals surface area contributed by atoms with E-state index in [0.717, 1.165) is 11.3 Å². The molecular formula is C15H23NO4. The van der Waals surface area contributed by atoms with E-state index in [4.69, 9.17) is 10.2 Å². The molecule has 0 aliphatic carbocycles. The van der Waals surface area contributed by atoms with Gasteiger partial charge in [-0.25, -0.2) is 0 Å². The summed E-state index contributed by atoms with van der Waals surface area (Å²) in [4.78, 5) is 13.2. The van der Waals surface area contributed by atoms with Gasteiger partial charge in [0, 0.05) is 18.8 Å². The van der Waals surface area contributed by atoms with Crippen LogP contribution in [0.5, 0.6) is 0 Å². The van der Waals surface area contributed by atoms with E-state index in [1.54, 1.807) is 0 Å². The van der Waals surface area contributed by atoms with E-state index in [2.05, 4.69) is 4.74 Å². The Balaban J connectivity index is 2.73. The number of carbonyl (C=O) groups is 1. The average Bonchev–Trinajstić information content (AvgIpc) is 2.47. The van der Waals surface area contributed by atoms with Crippen molar-refractivity contribution >= 4 is 11.7 Å². The molecule has 1 aromatic rings. The number of ether oxygens (including phenoxy) is 1. The third-order valence-corrected chi connectivity index (χ3v) is 3.27. The van der Waals surface area contributed by atoms with Crippen LogP contribution in [0.15, 0.2) is 24.3 Å². The first-order valence-corrected chi connectivity index (χ1v) is 6.75. The Kier molecular flexibility index (Phi) is 7.04. The van der Waals surface area contributed by atoms with Crippen molar-refractivity contribution in [2.45, 2.75) is 19.3 Å². The molecule has 0 aliphatic heterocycles. The number of aliphatic hydroxyl groups excluding tert-OH is 2. The van der Waals surface area contributed by atoms with E-state index < -0.39 is 0 Å². The Bertz CT molecular complexity index is 399. The van der Waals surface area contributed by atoms with Crippen LogP contribution >= 0.6 is 0 Å². The van der Waals surface area contributed by atoms with Gasteiger partial charge in [0.05, 0.1) is 26.7 Å². The fourth-order valence-corrected chi connectivity index (χ4v) is 2.08. The molecule has 5 nitrogen and oxygen atoms in total. The van der Waals surface area contributed by atoms with Gasteiger partial charge < -0.3 is 19.8 Å². The minimum Gasteiger partial charge on any atom is -0.469 e. The quantitative estimate of drug-likeness (QED) is 0.699. The molecule has 1 unspecified atom stereocenters. The molecule has 1 rings (SSSR count). The molecule has 0 saturated heterocycles. The largest absolute Gasteiger partial charge is 0.469 e. The Morgan fingerprint density at radius 1 is 1.20 bits per heavy atom. The summed E-state index contributed by atoms with van der Waals surface area (Å²) in [6, 6.07) is 7.80. The molecule has 0 amide bonds. The zero-order chi connectivity index (χ0) is 15.0. The molecule has 5 heteroatoms. The van der Waals surface area contributed by atoms with E-state index in [0.29, 0.717) is 19.5 Å². The lowest BCUT2D eigenvalue weighted by Crippen LogP contribution is -2.29. The lowest BCUT2D eigenvalue weighted by atomic mass is 9.97. The monoisotopic (exact) mass is 281 g/mol. The number of hydrogen-bond acceptors (Lipinski definition) is 5. The molecular weight excluding hydrogens is 258 g/mol. The summed E-state index contributed by atoms with van der Waals surface area (Å²) >= 11 is 0. The normalized spacial score (nSPS) is 12.0. The lowest BCUT2D eigenvalue weighted by Gasteiger charge is -2.23. The van der Waals surface area contributed by atoms with Crippen LogP contribution in [-0.2, 0) is 9.53 Å². The standard InChI is InChI=1S/C15H23NO4/c1-12(11-15(19)20-2)13-3-5-14(6-4-13)16(7-9-17)8-10-18/h3-6,12,17-18H,7-11H2,1-2H3. The van der Waals surface area contributed by atoms with Crippen LogP contribution in [0, 0.1) is 0 Å². The highest BCUT2D eigenvalue weighted by molar-refractivity contribution is 5.70. The van der Waals surface area contributed by atoms with Gasteiger partial charge in [0.15, 0.2) is 0 Å². The summed E-state index contributed by atoms with van der Waals surface area (Å²) in [5.41, 5.74) is 2.01. The Morgan fingerprint density at radius 2 is 1.75 bits per heavy atom. The Labute approximate surface area is 119 Å².